The number of piperidine rings is 1. The fourth-order valence-electron chi connectivity index (χ4n) is 3.86. The fourth-order valence-corrected chi connectivity index (χ4v) is 3.86. The van der Waals surface area contributed by atoms with Gasteiger partial charge in [-0.3, -0.25) is 4.79 Å². The van der Waals surface area contributed by atoms with E-state index in [0.29, 0.717) is 12.2 Å². The summed E-state index contributed by atoms with van der Waals surface area (Å²) in [5.41, 5.74) is 0.436. The van der Waals surface area contributed by atoms with Crippen molar-refractivity contribution >= 4 is 11.7 Å². The number of hydrogen-bond donors (Lipinski definition) is 0. The highest BCUT2D eigenvalue weighted by atomic mass is 16.2. The highest BCUT2D eigenvalue weighted by Crippen LogP contribution is 2.24. The summed E-state index contributed by atoms with van der Waals surface area (Å²) in [5, 5.41) is 8.47. The Morgan fingerprint density at radius 1 is 1.12 bits per heavy atom. The van der Waals surface area contributed by atoms with E-state index in [0.717, 1.165) is 44.1 Å². The lowest BCUT2D eigenvalue weighted by Crippen LogP contribution is -2.41. The summed E-state index contributed by atoms with van der Waals surface area (Å²) in [5.74, 6) is 1.84. The lowest BCUT2D eigenvalue weighted by atomic mass is 10.0. The number of carbonyl (C=O) groups is 1. The van der Waals surface area contributed by atoms with Crippen molar-refractivity contribution in [2.24, 2.45) is 0 Å². The maximum Gasteiger partial charge on any atom is 0.274 e. The normalized spacial score (nSPS) is 20.9. The molecule has 2 aliphatic heterocycles. The molecule has 2 aromatic heterocycles. The van der Waals surface area contributed by atoms with Crippen LogP contribution in [0.2, 0.25) is 0 Å². The summed E-state index contributed by atoms with van der Waals surface area (Å²) in [6.45, 7) is 5.54. The number of carbonyl (C=O) groups excluding carboxylic acids is 1. The molecule has 25 heavy (non-hydrogen) atoms. The average molecular weight is 340 g/mol. The first-order valence-corrected chi connectivity index (χ1v) is 9.10. The number of amides is 1. The molecular weight excluding hydrogens is 316 g/mol. The Labute approximate surface area is 147 Å². The van der Waals surface area contributed by atoms with Gasteiger partial charge in [0, 0.05) is 38.6 Å². The van der Waals surface area contributed by atoms with Crippen LogP contribution in [0.5, 0.6) is 0 Å². The summed E-state index contributed by atoms with van der Waals surface area (Å²) < 4.78 is 2.17. The van der Waals surface area contributed by atoms with Crippen molar-refractivity contribution in [3.63, 3.8) is 0 Å². The molecule has 1 atom stereocenters. The number of aryl methyl sites for hydroxylation is 1. The highest BCUT2D eigenvalue weighted by Gasteiger charge is 2.27. The van der Waals surface area contributed by atoms with Crippen molar-refractivity contribution in [1.29, 1.82) is 0 Å². The smallest absolute Gasteiger partial charge is 0.274 e. The zero-order valence-corrected chi connectivity index (χ0v) is 14.6. The first-order valence-electron chi connectivity index (χ1n) is 9.10. The van der Waals surface area contributed by atoms with E-state index >= 15 is 0 Å². The summed E-state index contributed by atoms with van der Waals surface area (Å²) in [7, 11) is 0. The molecule has 132 valence electrons. The second-order valence-electron chi connectivity index (χ2n) is 6.90. The molecule has 1 amide bonds. The first-order chi connectivity index (χ1) is 12.2. The molecule has 4 rings (SSSR count). The van der Waals surface area contributed by atoms with E-state index in [1.807, 2.05) is 36.4 Å². The molecule has 4 heterocycles. The van der Waals surface area contributed by atoms with Crippen molar-refractivity contribution in [2.75, 3.05) is 31.1 Å². The van der Waals surface area contributed by atoms with Gasteiger partial charge in [-0.25, -0.2) is 4.98 Å². The van der Waals surface area contributed by atoms with Gasteiger partial charge in [-0.05, 0) is 44.7 Å². The Balaban J connectivity index is 1.45. The molecule has 0 unspecified atom stereocenters. The Bertz CT molecular complexity index is 734. The van der Waals surface area contributed by atoms with Crippen molar-refractivity contribution in [2.45, 2.75) is 38.6 Å². The number of likely N-dealkylation sites (tertiary alicyclic amines) is 1. The van der Waals surface area contributed by atoms with Crippen molar-refractivity contribution in [3.8, 4) is 0 Å². The van der Waals surface area contributed by atoms with Gasteiger partial charge in [-0.15, -0.1) is 10.2 Å². The topological polar surface area (TPSA) is 67.2 Å². The van der Waals surface area contributed by atoms with Gasteiger partial charge in [-0.1, -0.05) is 0 Å². The predicted molar refractivity (Wildman–Crippen MR) is 94.6 cm³/mol. The maximum atomic E-state index is 12.8. The largest absolute Gasteiger partial charge is 0.355 e. The number of anilines is 1. The number of hydrogen-bond acceptors (Lipinski definition) is 5. The molecular formula is C18H24N6O. The number of rotatable bonds is 3. The zero-order chi connectivity index (χ0) is 17.2. The van der Waals surface area contributed by atoms with Crippen LogP contribution >= 0.6 is 0 Å². The van der Waals surface area contributed by atoms with Crippen molar-refractivity contribution in [1.82, 2.24) is 24.6 Å². The summed E-state index contributed by atoms with van der Waals surface area (Å²) >= 11 is 0. The highest BCUT2D eigenvalue weighted by molar-refractivity contribution is 5.92. The summed E-state index contributed by atoms with van der Waals surface area (Å²) in [4.78, 5) is 21.2. The fraction of sp³-hybridized carbons (Fsp3) is 0.556. The van der Waals surface area contributed by atoms with Crippen LogP contribution in [0.1, 0.15) is 48.0 Å². The molecule has 2 aliphatic rings. The van der Waals surface area contributed by atoms with Crippen molar-refractivity contribution in [3.05, 3.63) is 36.0 Å². The van der Waals surface area contributed by atoms with Gasteiger partial charge in [0.25, 0.3) is 5.91 Å². The van der Waals surface area contributed by atoms with Crippen LogP contribution in [0.4, 0.5) is 5.82 Å². The molecule has 7 nitrogen and oxygen atoms in total. The molecule has 2 fully saturated rings. The minimum absolute atomic E-state index is 0.0251. The van der Waals surface area contributed by atoms with Crippen LogP contribution in [-0.2, 0) is 0 Å². The van der Waals surface area contributed by atoms with Crippen LogP contribution < -0.4 is 4.90 Å². The standard InChI is InChI=1S/C18H24N6O/c1-14-19-8-12-24(14)15-5-4-11-23(13-15)18(25)16-6-7-17(21-20-16)22-9-2-3-10-22/h6-8,12,15H,2-5,9-11,13H2,1H3/t15-/m1/s1. The molecule has 0 bridgehead atoms. The Morgan fingerprint density at radius 2 is 1.96 bits per heavy atom. The molecule has 0 saturated carbocycles. The number of imidazole rings is 1. The van der Waals surface area contributed by atoms with E-state index in [2.05, 4.69) is 24.6 Å². The molecule has 2 saturated heterocycles. The average Bonchev–Trinajstić information content (AvgIpc) is 3.33. The lowest BCUT2D eigenvalue weighted by Gasteiger charge is -2.33. The molecule has 0 spiro atoms. The number of aromatic nitrogens is 4. The zero-order valence-electron chi connectivity index (χ0n) is 14.6. The van der Waals surface area contributed by atoms with E-state index in [-0.39, 0.29) is 11.9 Å². The van der Waals surface area contributed by atoms with E-state index in [1.165, 1.54) is 12.8 Å². The van der Waals surface area contributed by atoms with Crippen LogP contribution in [0.15, 0.2) is 24.5 Å². The van der Waals surface area contributed by atoms with Gasteiger partial charge >= 0.3 is 0 Å². The third-order valence-electron chi connectivity index (χ3n) is 5.24. The molecule has 0 aliphatic carbocycles. The van der Waals surface area contributed by atoms with E-state index < -0.39 is 0 Å². The van der Waals surface area contributed by atoms with Crippen LogP contribution in [0, 0.1) is 6.92 Å². The summed E-state index contributed by atoms with van der Waals surface area (Å²) in [6, 6.07) is 4.03. The Morgan fingerprint density at radius 3 is 2.64 bits per heavy atom. The second-order valence-corrected chi connectivity index (χ2v) is 6.90. The Kier molecular flexibility index (Phi) is 4.38. The van der Waals surface area contributed by atoms with Crippen LogP contribution in [-0.4, -0.2) is 56.7 Å². The minimum atomic E-state index is -0.0251. The molecule has 7 heteroatoms. The van der Waals surface area contributed by atoms with Gasteiger partial charge in [-0.2, -0.15) is 0 Å². The van der Waals surface area contributed by atoms with Gasteiger partial charge in [0.1, 0.15) is 5.82 Å². The molecule has 0 radical (unpaired) electrons. The van der Waals surface area contributed by atoms with Crippen molar-refractivity contribution < 1.29 is 4.79 Å². The lowest BCUT2D eigenvalue weighted by molar-refractivity contribution is 0.0671. The quantitative estimate of drug-likeness (QED) is 0.855. The molecule has 2 aromatic rings. The maximum absolute atomic E-state index is 12.8. The molecule has 0 N–H and O–H groups in total. The first kappa shape index (κ1) is 16.1. The van der Waals surface area contributed by atoms with Crippen LogP contribution in [0.25, 0.3) is 0 Å². The van der Waals surface area contributed by atoms with E-state index in [1.54, 1.807) is 0 Å². The van der Waals surface area contributed by atoms with E-state index in [9.17, 15) is 4.79 Å². The van der Waals surface area contributed by atoms with E-state index in [4.69, 9.17) is 0 Å². The minimum Gasteiger partial charge on any atom is -0.355 e. The second kappa shape index (κ2) is 6.82. The summed E-state index contributed by atoms with van der Waals surface area (Å²) in [6.07, 6.45) is 8.28. The monoisotopic (exact) mass is 340 g/mol. The molecule has 0 aromatic carbocycles. The van der Waals surface area contributed by atoms with Crippen LogP contribution in [0.3, 0.4) is 0 Å². The number of nitrogens with zero attached hydrogens (tertiary/aromatic N) is 6. The third kappa shape index (κ3) is 3.23. The SMILES string of the molecule is Cc1nccn1[C@@H]1CCCN(C(=O)c2ccc(N3CCCC3)nn2)C1. The van der Waals surface area contributed by atoms with Gasteiger partial charge < -0.3 is 14.4 Å². The van der Waals surface area contributed by atoms with Gasteiger partial charge in [0.2, 0.25) is 0 Å². The van der Waals surface area contributed by atoms with Gasteiger partial charge in [0.05, 0.1) is 6.04 Å². The Hall–Kier alpha value is -2.44. The van der Waals surface area contributed by atoms with Gasteiger partial charge in [0.15, 0.2) is 11.5 Å². The predicted octanol–water partition coefficient (Wildman–Crippen LogP) is 2.06. The third-order valence-corrected chi connectivity index (χ3v) is 5.24.